The molecule has 0 aromatic heterocycles. The average molecular weight is 541 g/mol. The Bertz CT molecular complexity index is 1510. The molecule has 4 rings (SSSR count). The van der Waals surface area contributed by atoms with Gasteiger partial charge in [-0.15, -0.1) is 0 Å². The molecule has 0 saturated carbocycles. The largest absolute Gasteiger partial charge is 0.322 e. The van der Waals surface area contributed by atoms with Gasteiger partial charge in [0.2, 0.25) is 0 Å². The first-order valence-corrected chi connectivity index (χ1v) is 14.5. The lowest BCUT2D eigenvalue weighted by Gasteiger charge is -2.10. The minimum absolute atomic E-state index is 0.121. The van der Waals surface area contributed by atoms with Crippen molar-refractivity contribution in [2.45, 2.75) is 39.2 Å². The van der Waals surface area contributed by atoms with Crippen LogP contribution < -0.4 is 10.6 Å². The summed E-state index contributed by atoms with van der Waals surface area (Å²) in [5.74, 6) is -0.674. The van der Waals surface area contributed by atoms with Crippen LogP contribution in [0.3, 0.4) is 0 Å². The number of sulfone groups is 1. The molecule has 0 radical (unpaired) electrons. The van der Waals surface area contributed by atoms with Crippen molar-refractivity contribution in [1.82, 2.24) is 0 Å². The lowest BCUT2D eigenvalue weighted by molar-refractivity contribution is 0.101. The van der Waals surface area contributed by atoms with Crippen LogP contribution in [0.1, 0.15) is 54.1 Å². The van der Waals surface area contributed by atoms with Crippen LogP contribution in [-0.4, -0.2) is 20.2 Å². The van der Waals surface area contributed by atoms with Crippen LogP contribution in [0.25, 0.3) is 0 Å². The van der Waals surface area contributed by atoms with Crippen molar-refractivity contribution < 1.29 is 18.0 Å². The first kappa shape index (κ1) is 27.8. The number of amides is 2. The molecule has 0 bridgehead atoms. The highest BCUT2D eigenvalue weighted by atomic mass is 32.2. The second kappa shape index (κ2) is 11.7. The van der Waals surface area contributed by atoms with Crippen LogP contribution in [0, 0.1) is 27.7 Å². The molecule has 6 nitrogen and oxygen atoms in total. The lowest BCUT2D eigenvalue weighted by Crippen LogP contribution is -2.13. The molecule has 0 spiro atoms. The number of carbonyl (C=O) groups excluding carboxylic acids is 2. The number of nitrogens with one attached hydrogen (secondary N) is 2. The molecule has 0 aliphatic carbocycles. The molecule has 7 heteroatoms. The Hall–Kier alpha value is -4.23. The SMILES string of the molecule is Cc1ccc(C(=O)Nc2ccc(CS(=O)(=O)Cc3ccc(NC(=O)c4ccc(C)c(C)c4)cc3)cc2)cc1C. The van der Waals surface area contributed by atoms with E-state index in [4.69, 9.17) is 0 Å². The van der Waals surface area contributed by atoms with Gasteiger partial charge in [0.05, 0.1) is 11.5 Å². The molecular weight excluding hydrogens is 508 g/mol. The Morgan fingerprint density at radius 2 is 0.897 bits per heavy atom. The van der Waals surface area contributed by atoms with E-state index in [1.54, 1.807) is 60.7 Å². The molecule has 0 aliphatic heterocycles. The monoisotopic (exact) mass is 540 g/mol. The van der Waals surface area contributed by atoms with Gasteiger partial charge < -0.3 is 10.6 Å². The van der Waals surface area contributed by atoms with E-state index >= 15 is 0 Å². The van der Waals surface area contributed by atoms with Gasteiger partial charge >= 0.3 is 0 Å². The van der Waals surface area contributed by atoms with Crippen LogP contribution in [0.4, 0.5) is 11.4 Å². The minimum Gasteiger partial charge on any atom is -0.322 e. The van der Waals surface area contributed by atoms with Crippen molar-refractivity contribution in [2.24, 2.45) is 0 Å². The van der Waals surface area contributed by atoms with Gasteiger partial charge in [-0.1, -0.05) is 36.4 Å². The molecule has 0 heterocycles. The summed E-state index contributed by atoms with van der Waals surface area (Å²) in [5.41, 5.74) is 7.92. The smallest absolute Gasteiger partial charge is 0.255 e. The molecular formula is C32H32N2O4S. The number of aryl methyl sites for hydroxylation is 4. The molecule has 4 aromatic rings. The van der Waals surface area contributed by atoms with E-state index in [9.17, 15) is 18.0 Å². The molecule has 0 atom stereocenters. The summed E-state index contributed by atoms with van der Waals surface area (Å²) in [6.07, 6.45) is 0. The quantitative estimate of drug-likeness (QED) is 0.265. The summed E-state index contributed by atoms with van der Waals surface area (Å²) >= 11 is 0. The summed E-state index contributed by atoms with van der Waals surface area (Å²) in [7, 11) is -3.44. The van der Waals surface area contributed by atoms with Crippen LogP contribution in [0.2, 0.25) is 0 Å². The Kier molecular flexibility index (Phi) is 8.31. The maximum absolute atomic E-state index is 12.8. The van der Waals surface area contributed by atoms with Crippen molar-refractivity contribution in [1.29, 1.82) is 0 Å². The standard InChI is InChI=1S/C32H32N2O4S/c1-21-5-11-27(17-23(21)3)31(35)33-29-13-7-25(8-14-29)19-39(37,38)20-26-9-15-30(16-10-26)34-32(36)28-12-6-22(2)24(4)18-28/h5-18H,19-20H2,1-4H3,(H,33,35)(H,34,36). The topological polar surface area (TPSA) is 92.3 Å². The fourth-order valence-corrected chi connectivity index (χ4v) is 5.60. The first-order chi connectivity index (χ1) is 18.5. The third kappa shape index (κ3) is 7.42. The van der Waals surface area contributed by atoms with E-state index in [2.05, 4.69) is 10.6 Å². The van der Waals surface area contributed by atoms with Gasteiger partial charge in [-0.2, -0.15) is 0 Å². The molecule has 0 fully saturated rings. The van der Waals surface area contributed by atoms with Gasteiger partial charge in [-0.25, -0.2) is 8.42 Å². The third-order valence-electron chi connectivity index (χ3n) is 6.73. The van der Waals surface area contributed by atoms with Crippen LogP contribution in [-0.2, 0) is 21.3 Å². The molecule has 2 amide bonds. The normalized spacial score (nSPS) is 11.2. The maximum Gasteiger partial charge on any atom is 0.255 e. The highest BCUT2D eigenvalue weighted by Crippen LogP contribution is 2.19. The first-order valence-electron chi connectivity index (χ1n) is 12.6. The summed E-state index contributed by atoms with van der Waals surface area (Å²) in [6, 6.07) is 24.7. The predicted molar refractivity (Wildman–Crippen MR) is 157 cm³/mol. The van der Waals surface area contributed by atoms with Crippen molar-refractivity contribution in [3.05, 3.63) is 129 Å². The second-order valence-electron chi connectivity index (χ2n) is 9.93. The van der Waals surface area contributed by atoms with E-state index in [0.29, 0.717) is 33.6 Å². The van der Waals surface area contributed by atoms with Gasteiger partial charge in [-0.05, 0) is 110 Å². The van der Waals surface area contributed by atoms with Gasteiger partial charge in [-0.3, -0.25) is 9.59 Å². The van der Waals surface area contributed by atoms with Crippen molar-refractivity contribution in [3.8, 4) is 0 Å². The number of hydrogen-bond acceptors (Lipinski definition) is 4. The maximum atomic E-state index is 12.8. The van der Waals surface area contributed by atoms with Gasteiger partial charge in [0.1, 0.15) is 0 Å². The Labute approximate surface area is 230 Å². The molecule has 2 N–H and O–H groups in total. The Morgan fingerprint density at radius 3 is 1.23 bits per heavy atom. The fraction of sp³-hybridized carbons (Fsp3) is 0.188. The van der Waals surface area contributed by atoms with Crippen molar-refractivity contribution in [2.75, 3.05) is 10.6 Å². The summed E-state index contributed by atoms with van der Waals surface area (Å²) in [5, 5.41) is 5.70. The summed E-state index contributed by atoms with van der Waals surface area (Å²) in [6.45, 7) is 7.90. The predicted octanol–water partition coefficient (Wildman–Crippen LogP) is 6.54. The van der Waals surface area contributed by atoms with E-state index in [0.717, 1.165) is 22.3 Å². The van der Waals surface area contributed by atoms with E-state index < -0.39 is 9.84 Å². The third-order valence-corrected chi connectivity index (χ3v) is 8.28. The van der Waals surface area contributed by atoms with Crippen LogP contribution in [0.15, 0.2) is 84.9 Å². The number of rotatable bonds is 8. The summed E-state index contributed by atoms with van der Waals surface area (Å²) < 4.78 is 25.7. The lowest BCUT2D eigenvalue weighted by atomic mass is 10.1. The molecule has 4 aromatic carbocycles. The van der Waals surface area contributed by atoms with E-state index in [-0.39, 0.29) is 23.3 Å². The number of hydrogen-bond donors (Lipinski definition) is 2. The zero-order valence-corrected chi connectivity index (χ0v) is 23.4. The summed E-state index contributed by atoms with van der Waals surface area (Å²) in [4.78, 5) is 25.1. The van der Waals surface area contributed by atoms with E-state index in [1.165, 1.54) is 0 Å². The Balaban J connectivity index is 1.33. The van der Waals surface area contributed by atoms with Crippen LogP contribution in [0.5, 0.6) is 0 Å². The second-order valence-corrected chi connectivity index (χ2v) is 12.0. The highest BCUT2D eigenvalue weighted by molar-refractivity contribution is 7.89. The zero-order chi connectivity index (χ0) is 28.2. The van der Waals surface area contributed by atoms with Crippen LogP contribution >= 0.6 is 0 Å². The van der Waals surface area contributed by atoms with Crippen molar-refractivity contribution in [3.63, 3.8) is 0 Å². The molecule has 200 valence electrons. The fourth-order valence-electron chi connectivity index (χ4n) is 4.10. The Morgan fingerprint density at radius 1 is 0.538 bits per heavy atom. The number of benzene rings is 4. The van der Waals surface area contributed by atoms with Gasteiger partial charge in [0, 0.05) is 22.5 Å². The molecule has 39 heavy (non-hydrogen) atoms. The highest BCUT2D eigenvalue weighted by Gasteiger charge is 2.15. The number of carbonyl (C=O) groups is 2. The van der Waals surface area contributed by atoms with Gasteiger partial charge in [0.15, 0.2) is 9.84 Å². The van der Waals surface area contributed by atoms with Crippen molar-refractivity contribution >= 4 is 33.0 Å². The molecule has 0 unspecified atom stereocenters. The average Bonchev–Trinajstić information content (AvgIpc) is 2.89. The van der Waals surface area contributed by atoms with Gasteiger partial charge in [0.25, 0.3) is 11.8 Å². The minimum atomic E-state index is -3.44. The van der Waals surface area contributed by atoms with E-state index in [1.807, 2.05) is 52.0 Å². The molecule has 0 aliphatic rings. The zero-order valence-electron chi connectivity index (χ0n) is 22.5. The number of anilines is 2. The molecule has 0 saturated heterocycles.